The van der Waals surface area contributed by atoms with Crippen molar-refractivity contribution in [2.24, 2.45) is 0 Å². The maximum absolute atomic E-state index is 12.2. The van der Waals surface area contributed by atoms with Crippen LogP contribution in [0.5, 0.6) is 0 Å². The van der Waals surface area contributed by atoms with E-state index in [4.69, 9.17) is 0 Å². The summed E-state index contributed by atoms with van der Waals surface area (Å²) in [5.41, 5.74) is 0. The van der Waals surface area contributed by atoms with E-state index < -0.39 is 12.1 Å². The lowest BCUT2D eigenvalue weighted by atomic mass is 10.2. The van der Waals surface area contributed by atoms with Gasteiger partial charge in [-0.15, -0.1) is 0 Å². The molecule has 114 valence electrons. The molecule has 1 fully saturated rings. The molecule has 3 unspecified atom stereocenters. The van der Waals surface area contributed by atoms with Crippen molar-refractivity contribution in [2.75, 3.05) is 6.54 Å². The van der Waals surface area contributed by atoms with Crippen LogP contribution in [0.25, 0.3) is 0 Å². The Balaban J connectivity index is 2.59. The standard InChI is InChI=1S/C14H25N3O3/c1-5-7-15-13(19)10(4)16-11-8-12(18)17(14(11)20)9(3)6-2/h9-11,16H,5-8H2,1-4H3,(H,15,19). The first kappa shape index (κ1) is 16.6. The molecule has 0 aromatic carbocycles. The molecular weight excluding hydrogens is 258 g/mol. The minimum Gasteiger partial charge on any atom is -0.355 e. The number of hydrogen-bond acceptors (Lipinski definition) is 4. The third kappa shape index (κ3) is 3.79. The molecule has 0 aromatic rings. The summed E-state index contributed by atoms with van der Waals surface area (Å²) in [6.07, 6.45) is 1.73. The fraction of sp³-hybridized carbons (Fsp3) is 0.786. The lowest BCUT2D eigenvalue weighted by Gasteiger charge is -2.22. The number of amides is 3. The van der Waals surface area contributed by atoms with E-state index >= 15 is 0 Å². The van der Waals surface area contributed by atoms with Crippen LogP contribution >= 0.6 is 0 Å². The fourth-order valence-corrected chi connectivity index (χ4v) is 2.21. The molecule has 2 N–H and O–H groups in total. The van der Waals surface area contributed by atoms with Gasteiger partial charge in [0.05, 0.1) is 18.5 Å². The van der Waals surface area contributed by atoms with Gasteiger partial charge >= 0.3 is 0 Å². The highest BCUT2D eigenvalue weighted by molar-refractivity contribution is 6.06. The minimum absolute atomic E-state index is 0.0916. The van der Waals surface area contributed by atoms with Crippen LogP contribution < -0.4 is 10.6 Å². The largest absolute Gasteiger partial charge is 0.355 e. The molecule has 0 aliphatic carbocycles. The van der Waals surface area contributed by atoms with Crippen molar-refractivity contribution in [2.45, 2.75) is 65.1 Å². The van der Waals surface area contributed by atoms with Crippen molar-refractivity contribution in [1.82, 2.24) is 15.5 Å². The summed E-state index contributed by atoms with van der Waals surface area (Å²) in [5.74, 6) is -0.531. The van der Waals surface area contributed by atoms with E-state index in [0.29, 0.717) is 6.54 Å². The van der Waals surface area contributed by atoms with Crippen LogP contribution in [-0.4, -0.2) is 47.3 Å². The summed E-state index contributed by atoms with van der Waals surface area (Å²) >= 11 is 0. The number of carbonyl (C=O) groups is 3. The summed E-state index contributed by atoms with van der Waals surface area (Å²) in [7, 11) is 0. The summed E-state index contributed by atoms with van der Waals surface area (Å²) in [4.78, 5) is 37.2. The first-order valence-electron chi connectivity index (χ1n) is 7.32. The normalized spacial score (nSPS) is 22.0. The average molecular weight is 283 g/mol. The molecule has 20 heavy (non-hydrogen) atoms. The number of likely N-dealkylation sites (tertiary alicyclic amines) is 1. The Hall–Kier alpha value is -1.43. The zero-order valence-corrected chi connectivity index (χ0v) is 12.7. The van der Waals surface area contributed by atoms with Gasteiger partial charge in [-0.25, -0.2) is 0 Å². The molecule has 1 heterocycles. The first-order chi connectivity index (χ1) is 9.42. The molecule has 1 aliphatic rings. The van der Waals surface area contributed by atoms with Gasteiger partial charge in [-0.05, 0) is 26.7 Å². The van der Waals surface area contributed by atoms with E-state index in [-0.39, 0.29) is 30.2 Å². The van der Waals surface area contributed by atoms with E-state index in [0.717, 1.165) is 12.8 Å². The Morgan fingerprint density at radius 1 is 1.35 bits per heavy atom. The topological polar surface area (TPSA) is 78.5 Å². The van der Waals surface area contributed by atoms with Gasteiger partial charge in [0.2, 0.25) is 17.7 Å². The Morgan fingerprint density at radius 2 is 2.00 bits per heavy atom. The number of nitrogens with zero attached hydrogens (tertiary/aromatic N) is 1. The Bertz CT molecular complexity index is 384. The third-order valence-corrected chi connectivity index (χ3v) is 3.61. The molecular formula is C14H25N3O3. The Labute approximate surface area is 120 Å². The van der Waals surface area contributed by atoms with Crippen LogP contribution in [0.3, 0.4) is 0 Å². The smallest absolute Gasteiger partial charge is 0.247 e. The molecule has 0 saturated carbocycles. The van der Waals surface area contributed by atoms with Crippen molar-refractivity contribution >= 4 is 17.7 Å². The molecule has 1 rings (SSSR count). The predicted octanol–water partition coefficient (Wildman–Crippen LogP) is 0.417. The molecule has 6 heteroatoms. The van der Waals surface area contributed by atoms with Crippen molar-refractivity contribution in [1.29, 1.82) is 0 Å². The molecule has 0 aromatic heterocycles. The zero-order valence-electron chi connectivity index (χ0n) is 12.7. The molecule has 0 radical (unpaired) electrons. The van der Waals surface area contributed by atoms with Gasteiger partial charge in [0.1, 0.15) is 0 Å². The van der Waals surface area contributed by atoms with Gasteiger partial charge in [0.25, 0.3) is 0 Å². The first-order valence-corrected chi connectivity index (χ1v) is 7.32. The highest BCUT2D eigenvalue weighted by Crippen LogP contribution is 2.18. The zero-order chi connectivity index (χ0) is 15.3. The van der Waals surface area contributed by atoms with Crippen molar-refractivity contribution in [3.63, 3.8) is 0 Å². The summed E-state index contributed by atoms with van der Waals surface area (Å²) < 4.78 is 0. The highest BCUT2D eigenvalue weighted by atomic mass is 16.2. The van der Waals surface area contributed by atoms with Crippen LogP contribution in [0.1, 0.15) is 47.0 Å². The molecule has 1 saturated heterocycles. The van der Waals surface area contributed by atoms with E-state index in [2.05, 4.69) is 10.6 Å². The molecule has 3 atom stereocenters. The quantitative estimate of drug-likeness (QED) is 0.664. The summed E-state index contributed by atoms with van der Waals surface area (Å²) in [6.45, 7) is 8.08. The fourth-order valence-electron chi connectivity index (χ4n) is 2.21. The van der Waals surface area contributed by atoms with E-state index in [1.165, 1.54) is 4.90 Å². The van der Waals surface area contributed by atoms with Gasteiger partial charge in [0, 0.05) is 12.6 Å². The molecule has 3 amide bonds. The van der Waals surface area contributed by atoms with Gasteiger partial charge in [-0.2, -0.15) is 0 Å². The maximum Gasteiger partial charge on any atom is 0.247 e. The van der Waals surface area contributed by atoms with Gasteiger partial charge in [0.15, 0.2) is 0 Å². The van der Waals surface area contributed by atoms with Crippen LogP contribution in [-0.2, 0) is 14.4 Å². The third-order valence-electron chi connectivity index (χ3n) is 3.61. The molecule has 0 bridgehead atoms. The second-order valence-electron chi connectivity index (χ2n) is 5.30. The number of carbonyl (C=O) groups excluding carboxylic acids is 3. The lowest BCUT2D eigenvalue weighted by molar-refractivity contribution is -0.141. The maximum atomic E-state index is 12.2. The number of rotatable bonds is 7. The Morgan fingerprint density at radius 3 is 2.55 bits per heavy atom. The molecule has 1 aliphatic heterocycles. The monoisotopic (exact) mass is 283 g/mol. The van der Waals surface area contributed by atoms with Crippen LogP contribution in [0.2, 0.25) is 0 Å². The van der Waals surface area contributed by atoms with E-state index in [9.17, 15) is 14.4 Å². The van der Waals surface area contributed by atoms with Crippen LogP contribution in [0.4, 0.5) is 0 Å². The van der Waals surface area contributed by atoms with E-state index in [1.54, 1.807) is 6.92 Å². The SMILES string of the molecule is CCCNC(=O)C(C)NC1CC(=O)N(C(C)CC)C1=O. The second kappa shape index (κ2) is 7.38. The minimum atomic E-state index is -0.584. The average Bonchev–Trinajstić information content (AvgIpc) is 2.69. The Kier molecular flexibility index (Phi) is 6.13. The lowest BCUT2D eigenvalue weighted by Crippen LogP contribution is -2.50. The van der Waals surface area contributed by atoms with Crippen molar-refractivity contribution < 1.29 is 14.4 Å². The number of imide groups is 1. The number of hydrogen-bond donors (Lipinski definition) is 2. The van der Waals surface area contributed by atoms with Gasteiger partial charge < -0.3 is 5.32 Å². The van der Waals surface area contributed by atoms with Crippen LogP contribution in [0, 0.1) is 0 Å². The van der Waals surface area contributed by atoms with E-state index in [1.807, 2.05) is 20.8 Å². The highest BCUT2D eigenvalue weighted by Gasteiger charge is 2.41. The van der Waals surface area contributed by atoms with Crippen molar-refractivity contribution in [3.8, 4) is 0 Å². The van der Waals surface area contributed by atoms with Crippen molar-refractivity contribution in [3.05, 3.63) is 0 Å². The summed E-state index contributed by atoms with van der Waals surface area (Å²) in [5, 5.41) is 5.72. The van der Waals surface area contributed by atoms with Gasteiger partial charge in [-0.1, -0.05) is 13.8 Å². The van der Waals surface area contributed by atoms with Gasteiger partial charge in [-0.3, -0.25) is 24.6 Å². The summed E-state index contributed by atoms with van der Waals surface area (Å²) in [6, 6.07) is -1.16. The van der Waals surface area contributed by atoms with Crippen LogP contribution in [0.15, 0.2) is 0 Å². The molecule has 6 nitrogen and oxygen atoms in total. The molecule has 0 spiro atoms. The second-order valence-corrected chi connectivity index (χ2v) is 5.30. The number of nitrogens with one attached hydrogen (secondary N) is 2. The predicted molar refractivity (Wildman–Crippen MR) is 75.9 cm³/mol.